The molecule has 0 spiro atoms. The lowest BCUT2D eigenvalue weighted by atomic mass is 10.3. The molecule has 1 aromatic heterocycles. The fourth-order valence-corrected chi connectivity index (χ4v) is 3.59. The van der Waals surface area contributed by atoms with Crippen LogP contribution in [0.1, 0.15) is 0 Å². The van der Waals surface area contributed by atoms with Gasteiger partial charge in [-0.15, -0.1) is 0 Å². The van der Waals surface area contributed by atoms with Crippen LogP contribution in [0.2, 0.25) is 5.02 Å². The topological polar surface area (TPSA) is 71.9 Å². The van der Waals surface area contributed by atoms with Crippen LogP contribution in [0, 0.1) is 5.82 Å². The number of aromatic amines is 1. The molecule has 0 amide bonds. The summed E-state index contributed by atoms with van der Waals surface area (Å²) in [6, 6.07) is 8.82. The quantitative estimate of drug-likeness (QED) is 0.785. The van der Waals surface area contributed by atoms with Gasteiger partial charge in [0.1, 0.15) is 5.82 Å². The van der Waals surface area contributed by atoms with Gasteiger partial charge in [-0.2, -0.15) is 3.97 Å². The zero-order valence-corrected chi connectivity index (χ0v) is 12.0. The highest BCUT2D eigenvalue weighted by Gasteiger charge is 2.23. The zero-order chi connectivity index (χ0) is 15.2. The molecule has 0 bridgehead atoms. The Labute approximate surface area is 123 Å². The first-order valence-electron chi connectivity index (χ1n) is 5.81. The van der Waals surface area contributed by atoms with Crippen molar-refractivity contribution < 1.29 is 12.8 Å². The number of H-pyrrole nitrogens is 1. The molecule has 5 nitrogen and oxygen atoms in total. The van der Waals surface area contributed by atoms with E-state index in [1.165, 1.54) is 30.3 Å². The summed E-state index contributed by atoms with van der Waals surface area (Å²) >= 11 is 5.84. The highest BCUT2D eigenvalue weighted by molar-refractivity contribution is 7.90. The lowest BCUT2D eigenvalue weighted by molar-refractivity contribution is 0.582. The van der Waals surface area contributed by atoms with Crippen LogP contribution in [0.25, 0.3) is 11.0 Å². The smallest absolute Gasteiger partial charge is 0.305 e. The third kappa shape index (κ3) is 2.24. The van der Waals surface area contributed by atoms with E-state index in [0.717, 1.165) is 12.1 Å². The predicted octanol–water partition coefficient (Wildman–Crippen LogP) is 2.36. The van der Waals surface area contributed by atoms with E-state index in [-0.39, 0.29) is 15.4 Å². The van der Waals surface area contributed by atoms with E-state index in [9.17, 15) is 17.6 Å². The molecule has 1 heterocycles. The second kappa shape index (κ2) is 4.71. The van der Waals surface area contributed by atoms with Gasteiger partial charge < -0.3 is 4.98 Å². The number of hydrogen-bond acceptors (Lipinski definition) is 3. The number of halogens is 2. The van der Waals surface area contributed by atoms with Crippen molar-refractivity contribution in [2.45, 2.75) is 4.90 Å². The molecule has 0 saturated heterocycles. The summed E-state index contributed by atoms with van der Waals surface area (Å²) in [5.41, 5.74) is -0.405. The number of imidazole rings is 1. The van der Waals surface area contributed by atoms with Crippen molar-refractivity contribution in [3.05, 3.63) is 63.8 Å². The summed E-state index contributed by atoms with van der Waals surface area (Å²) < 4.78 is 38.9. The lowest BCUT2D eigenvalue weighted by Gasteiger charge is -2.06. The molecule has 0 unspecified atom stereocenters. The van der Waals surface area contributed by atoms with Crippen molar-refractivity contribution in [2.75, 3.05) is 0 Å². The fraction of sp³-hybridized carbons (Fsp3) is 0. The molecule has 1 N–H and O–H groups in total. The molecule has 2 aromatic carbocycles. The van der Waals surface area contributed by atoms with Crippen molar-refractivity contribution >= 4 is 32.7 Å². The van der Waals surface area contributed by atoms with Gasteiger partial charge in [-0.25, -0.2) is 17.6 Å². The van der Waals surface area contributed by atoms with Crippen LogP contribution in [0.3, 0.4) is 0 Å². The fourth-order valence-electron chi connectivity index (χ4n) is 2.03. The predicted molar refractivity (Wildman–Crippen MR) is 76.6 cm³/mol. The maximum Gasteiger partial charge on any atom is 0.340 e. The van der Waals surface area contributed by atoms with Gasteiger partial charge in [-0.1, -0.05) is 17.7 Å². The van der Waals surface area contributed by atoms with E-state index in [1.807, 2.05) is 0 Å². The van der Waals surface area contributed by atoms with E-state index < -0.39 is 21.5 Å². The Kier molecular flexibility index (Phi) is 3.11. The second-order valence-electron chi connectivity index (χ2n) is 4.32. The van der Waals surface area contributed by atoms with Gasteiger partial charge >= 0.3 is 5.69 Å². The minimum absolute atomic E-state index is 0.108. The van der Waals surface area contributed by atoms with Crippen LogP contribution in [-0.2, 0) is 10.0 Å². The van der Waals surface area contributed by atoms with Crippen LogP contribution in [0.5, 0.6) is 0 Å². The van der Waals surface area contributed by atoms with Crippen LogP contribution in [0.4, 0.5) is 4.39 Å². The van der Waals surface area contributed by atoms with Gasteiger partial charge in [0.15, 0.2) is 0 Å². The Bertz CT molecular complexity index is 1010. The molecule has 21 heavy (non-hydrogen) atoms. The molecular weight excluding hydrogens is 319 g/mol. The van der Waals surface area contributed by atoms with E-state index >= 15 is 0 Å². The van der Waals surface area contributed by atoms with Gasteiger partial charge in [0.2, 0.25) is 0 Å². The van der Waals surface area contributed by atoms with Gasteiger partial charge in [-0.3, -0.25) is 0 Å². The van der Waals surface area contributed by atoms with Crippen molar-refractivity contribution in [1.82, 2.24) is 8.96 Å². The van der Waals surface area contributed by atoms with Crippen LogP contribution < -0.4 is 5.69 Å². The third-order valence-corrected chi connectivity index (χ3v) is 4.87. The Morgan fingerprint density at radius 2 is 1.90 bits per heavy atom. The van der Waals surface area contributed by atoms with E-state index in [1.54, 1.807) is 0 Å². The summed E-state index contributed by atoms with van der Waals surface area (Å²) in [6.07, 6.45) is 0. The number of benzene rings is 2. The van der Waals surface area contributed by atoms with E-state index in [0.29, 0.717) is 9.49 Å². The third-order valence-electron chi connectivity index (χ3n) is 2.94. The molecule has 8 heteroatoms. The monoisotopic (exact) mass is 326 g/mol. The van der Waals surface area contributed by atoms with Crippen molar-refractivity contribution in [3.63, 3.8) is 0 Å². The molecule has 3 aromatic rings. The van der Waals surface area contributed by atoms with Gasteiger partial charge in [-0.05, 0) is 36.4 Å². The molecule has 0 atom stereocenters. The average molecular weight is 327 g/mol. The Morgan fingerprint density at radius 3 is 2.62 bits per heavy atom. The summed E-state index contributed by atoms with van der Waals surface area (Å²) in [5.74, 6) is -0.706. The Hall–Kier alpha value is -2.12. The maximum atomic E-state index is 13.2. The molecule has 0 aliphatic rings. The molecule has 0 aliphatic carbocycles. The largest absolute Gasteiger partial charge is 0.340 e. The number of rotatable bonds is 2. The minimum atomic E-state index is -4.22. The summed E-state index contributed by atoms with van der Waals surface area (Å²) in [4.78, 5) is 14.1. The number of hydrogen-bond donors (Lipinski definition) is 1. The lowest BCUT2D eigenvalue weighted by Crippen LogP contribution is -2.25. The zero-order valence-electron chi connectivity index (χ0n) is 10.4. The standard InChI is InChI=1S/C13H8ClFN2O3S/c14-8-4-5-11-12(6-8)17(13(18)16-11)21(19,20)10-3-1-2-9(15)7-10/h1-7H,(H,16,18). The van der Waals surface area contributed by atoms with Crippen molar-refractivity contribution in [1.29, 1.82) is 0 Å². The van der Waals surface area contributed by atoms with Crippen LogP contribution >= 0.6 is 11.6 Å². The Balaban J connectivity index is 2.36. The normalized spacial score (nSPS) is 11.9. The van der Waals surface area contributed by atoms with Gasteiger partial charge in [0.05, 0.1) is 15.9 Å². The minimum Gasteiger partial charge on any atom is -0.305 e. The van der Waals surface area contributed by atoms with Crippen molar-refractivity contribution in [2.24, 2.45) is 0 Å². The SMILES string of the molecule is O=c1[nH]c2ccc(Cl)cc2n1S(=O)(=O)c1cccc(F)c1. The highest BCUT2D eigenvalue weighted by Crippen LogP contribution is 2.21. The maximum absolute atomic E-state index is 13.2. The molecular formula is C13H8ClFN2O3S. The molecule has 3 rings (SSSR count). The van der Waals surface area contributed by atoms with Crippen LogP contribution in [0.15, 0.2) is 52.2 Å². The number of aromatic nitrogens is 2. The molecule has 0 fully saturated rings. The summed E-state index contributed by atoms with van der Waals surface area (Å²) in [7, 11) is -4.22. The summed E-state index contributed by atoms with van der Waals surface area (Å²) in [5, 5.41) is 0.282. The number of fused-ring (bicyclic) bond motifs is 1. The average Bonchev–Trinajstić information content (AvgIpc) is 2.74. The second-order valence-corrected chi connectivity index (χ2v) is 6.54. The molecule has 0 radical (unpaired) electrons. The van der Waals surface area contributed by atoms with Gasteiger partial charge in [0, 0.05) is 5.02 Å². The molecule has 108 valence electrons. The highest BCUT2D eigenvalue weighted by atomic mass is 35.5. The first-order chi connectivity index (χ1) is 9.89. The number of nitrogens with one attached hydrogen (secondary N) is 1. The van der Waals surface area contributed by atoms with Gasteiger partial charge in [0.25, 0.3) is 10.0 Å². The first-order valence-corrected chi connectivity index (χ1v) is 7.63. The Morgan fingerprint density at radius 1 is 1.14 bits per heavy atom. The van der Waals surface area contributed by atoms with E-state index in [2.05, 4.69) is 4.98 Å². The van der Waals surface area contributed by atoms with E-state index in [4.69, 9.17) is 11.6 Å². The number of nitrogens with zero attached hydrogens (tertiary/aromatic N) is 1. The van der Waals surface area contributed by atoms with Crippen molar-refractivity contribution in [3.8, 4) is 0 Å². The molecule has 0 aliphatic heterocycles. The molecule has 0 saturated carbocycles. The van der Waals surface area contributed by atoms with Crippen LogP contribution in [-0.4, -0.2) is 17.4 Å². The first kappa shape index (κ1) is 13.8. The summed E-state index contributed by atoms with van der Waals surface area (Å²) in [6.45, 7) is 0.